The summed E-state index contributed by atoms with van der Waals surface area (Å²) < 4.78 is 0. The fraction of sp³-hybridized carbons (Fsp3) is 0.444. The number of fused-ring (bicyclic) bond motifs is 1. The van der Waals surface area contributed by atoms with Crippen LogP contribution in [0.1, 0.15) is 46.7 Å². The molecule has 0 amide bonds. The second-order valence-electron chi connectivity index (χ2n) is 5.75. The molecule has 0 bridgehead atoms. The minimum absolute atomic E-state index is 0.423. The number of aryl methyl sites for hydroxylation is 2. The summed E-state index contributed by atoms with van der Waals surface area (Å²) in [6.45, 7) is 3.18. The third-order valence-electron chi connectivity index (χ3n) is 4.16. The van der Waals surface area contributed by atoms with Crippen molar-refractivity contribution < 1.29 is 0 Å². The molecule has 3 heteroatoms. The lowest BCUT2D eigenvalue weighted by Crippen LogP contribution is -2.22. The van der Waals surface area contributed by atoms with Crippen molar-refractivity contribution in [3.05, 3.63) is 56.2 Å². The first kappa shape index (κ1) is 15.1. The smallest absolute Gasteiger partial charge is 0.0455 e. The highest BCUT2D eigenvalue weighted by molar-refractivity contribution is 7.12. The Morgan fingerprint density at radius 2 is 1.95 bits per heavy atom. The first-order chi connectivity index (χ1) is 10.3. The van der Waals surface area contributed by atoms with Crippen LogP contribution in [0.5, 0.6) is 0 Å². The number of hydrogen-bond acceptors (Lipinski definition) is 2. The topological polar surface area (TPSA) is 12.0 Å². The summed E-state index contributed by atoms with van der Waals surface area (Å²) in [7, 11) is 0. The Balaban J connectivity index is 1.80. The van der Waals surface area contributed by atoms with Gasteiger partial charge in [-0.25, -0.2) is 0 Å². The fourth-order valence-corrected chi connectivity index (χ4v) is 4.52. The average molecular weight is 320 g/mol. The van der Waals surface area contributed by atoms with Crippen LogP contribution in [0.3, 0.4) is 0 Å². The number of likely N-dealkylation sites (N-methyl/N-ethyl adjacent to an activating group) is 1. The molecule has 1 aromatic heterocycles. The van der Waals surface area contributed by atoms with Crippen LogP contribution < -0.4 is 5.32 Å². The Morgan fingerprint density at radius 1 is 1.19 bits per heavy atom. The van der Waals surface area contributed by atoms with Crippen molar-refractivity contribution in [2.45, 2.75) is 45.1 Å². The van der Waals surface area contributed by atoms with Gasteiger partial charge in [-0.3, -0.25) is 0 Å². The quantitative estimate of drug-likeness (QED) is 0.801. The summed E-state index contributed by atoms with van der Waals surface area (Å²) in [6, 6.07) is 11.1. The SMILES string of the molecule is CCNC(Cc1ccc(Cl)cc1)c1cc2c(s1)CCCC2. The highest BCUT2D eigenvalue weighted by atomic mass is 35.5. The molecule has 1 unspecified atom stereocenters. The second kappa shape index (κ2) is 6.95. The normalized spacial score (nSPS) is 15.7. The van der Waals surface area contributed by atoms with Crippen molar-refractivity contribution in [2.75, 3.05) is 6.54 Å². The number of benzene rings is 1. The largest absolute Gasteiger partial charge is 0.309 e. The Kier molecular flexibility index (Phi) is 4.99. The van der Waals surface area contributed by atoms with E-state index < -0.39 is 0 Å². The van der Waals surface area contributed by atoms with E-state index >= 15 is 0 Å². The zero-order chi connectivity index (χ0) is 14.7. The molecule has 1 heterocycles. The van der Waals surface area contributed by atoms with Gasteiger partial charge in [0.15, 0.2) is 0 Å². The van der Waals surface area contributed by atoms with Crippen molar-refractivity contribution in [3.63, 3.8) is 0 Å². The molecule has 0 aliphatic heterocycles. The van der Waals surface area contributed by atoms with E-state index in [1.807, 2.05) is 23.5 Å². The number of thiophene rings is 1. The van der Waals surface area contributed by atoms with Crippen LogP contribution in [0.4, 0.5) is 0 Å². The molecule has 0 fully saturated rings. The Labute approximate surface area is 136 Å². The molecule has 21 heavy (non-hydrogen) atoms. The molecule has 1 aromatic carbocycles. The first-order valence-corrected chi connectivity index (χ1v) is 9.05. The standard InChI is InChI=1S/C18H22ClNS/c1-2-20-16(11-13-7-9-15(19)10-8-13)18-12-14-5-3-4-6-17(14)21-18/h7-10,12,16,20H,2-6,11H2,1H3. The van der Waals surface area contributed by atoms with E-state index in [0.717, 1.165) is 18.0 Å². The van der Waals surface area contributed by atoms with Crippen LogP contribution in [-0.4, -0.2) is 6.54 Å². The molecule has 3 rings (SSSR count). The van der Waals surface area contributed by atoms with Crippen LogP contribution in [0, 0.1) is 0 Å². The first-order valence-electron chi connectivity index (χ1n) is 7.85. The van der Waals surface area contributed by atoms with Crippen molar-refractivity contribution in [2.24, 2.45) is 0 Å². The molecule has 1 aliphatic rings. The molecule has 0 radical (unpaired) electrons. The predicted octanol–water partition coefficient (Wildman–Crippen LogP) is 5.17. The molecule has 0 saturated carbocycles. The van der Waals surface area contributed by atoms with Gasteiger partial charge in [-0.05, 0) is 68.0 Å². The summed E-state index contributed by atoms with van der Waals surface area (Å²) in [5, 5.41) is 4.46. The molecule has 2 aromatic rings. The van der Waals surface area contributed by atoms with Gasteiger partial charge in [0, 0.05) is 20.8 Å². The van der Waals surface area contributed by atoms with E-state index in [2.05, 4.69) is 30.4 Å². The lowest BCUT2D eigenvalue weighted by Gasteiger charge is -2.16. The van der Waals surface area contributed by atoms with Crippen molar-refractivity contribution in [1.29, 1.82) is 0 Å². The highest BCUT2D eigenvalue weighted by Gasteiger charge is 2.19. The van der Waals surface area contributed by atoms with Gasteiger partial charge in [-0.1, -0.05) is 30.7 Å². The van der Waals surface area contributed by atoms with Crippen LogP contribution in [0.15, 0.2) is 30.3 Å². The minimum Gasteiger partial charge on any atom is -0.309 e. The number of rotatable bonds is 5. The molecule has 1 N–H and O–H groups in total. The van der Waals surface area contributed by atoms with E-state index in [1.54, 1.807) is 10.4 Å². The molecular weight excluding hydrogens is 298 g/mol. The van der Waals surface area contributed by atoms with Gasteiger partial charge in [0.25, 0.3) is 0 Å². The van der Waals surface area contributed by atoms with Crippen molar-refractivity contribution >= 4 is 22.9 Å². The maximum atomic E-state index is 5.98. The number of nitrogens with one attached hydrogen (secondary N) is 1. The molecule has 112 valence electrons. The van der Waals surface area contributed by atoms with Gasteiger partial charge in [0.1, 0.15) is 0 Å². The third-order valence-corrected chi connectivity index (χ3v) is 5.77. The molecule has 1 aliphatic carbocycles. The molecule has 1 atom stereocenters. The van der Waals surface area contributed by atoms with Crippen LogP contribution in [0.25, 0.3) is 0 Å². The van der Waals surface area contributed by atoms with Crippen LogP contribution in [0.2, 0.25) is 5.02 Å². The maximum Gasteiger partial charge on any atom is 0.0455 e. The molecule has 0 saturated heterocycles. The fourth-order valence-electron chi connectivity index (χ4n) is 3.06. The molecule has 0 spiro atoms. The average Bonchev–Trinajstić information content (AvgIpc) is 2.93. The lowest BCUT2D eigenvalue weighted by atomic mass is 9.98. The van der Waals surface area contributed by atoms with Crippen molar-refractivity contribution in [3.8, 4) is 0 Å². The Morgan fingerprint density at radius 3 is 2.67 bits per heavy atom. The lowest BCUT2D eigenvalue weighted by molar-refractivity contribution is 0.558. The summed E-state index contributed by atoms with van der Waals surface area (Å²) in [4.78, 5) is 3.12. The summed E-state index contributed by atoms with van der Waals surface area (Å²) in [6.07, 6.45) is 6.29. The van der Waals surface area contributed by atoms with Gasteiger partial charge < -0.3 is 5.32 Å². The van der Waals surface area contributed by atoms with Gasteiger partial charge in [-0.2, -0.15) is 0 Å². The van der Waals surface area contributed by atoms with E-state index in [1.165, 1.54) is 36.1 Å². The van der Waals surface area contributed by atoms with E-state index in [-0.39, 0.29) is 0 Å². The van der Waals surface area contributed by atoms with E-state index in [0.29, 0.717) is 6.04 Å². The number of halogens is 1. The summed E-state index contributed by atoms with van der Waals surface area (Å²) >= 11 is 8.00. The highest BCUT2D eigenvalue weighted by Crippen LogP contribution is 2.34. The summed E-state index contributed by atoms with van der Waals surface area (Å²) in [5.74, 6) is 0. The Hall–Kier alpha value is -0.830. The van der Waals surface area contributed by atoms with E-state index in [4.69, 9.17) is 11.6 Å². The zero-order valence-electron chi connectivity index (χ0n) is 12.5. The zero-order valence-corrected chi connectivity index (χ0v) is 14.1. The van der Waals surface area contributed by atoms with Gasteiger partial charge in [0.05, 0.1) is 0 Å². The number of hydrogen-bond donors (Lipinski definition) is 1. The minimum atomic E-state index is 0.423. The third kappa shape index (κ3) is 3.68. The molecule has 1 nitrogen and oxygen atoms in total. The maximum absolute atomic E-state index is 5.98. The monoisotopic (exact) mass is 319 g/mol. The second-order valence-corrected chi connectivity index (χ2v) is 7.35. The Bertz CT molecular complexity index is 564. The predicted molar refractivity (Wildman–Crippen MR) is 92.5 cm³/mol. The van der Waals surface area contributed by atoms with Crippen LogP contribution in [-0.2, 0) is 19.3 Å². The summed E-state index contributed by atoms with van der Waals surface area (Å²) in [5.41, 5.74) is 2.94. The van der Waals surface area contributed by atoms with Gasteiger partial charge >= 0.3 is 0 Å². The molecular formula is C18H22ClNS. The van der Waals surface area contributed by atoms with Gasteiger partial charge in [0.2, 0.25) is 0 Å². The van der Waals surface area contributed by atoms with Crippen molar-refractivity contribution in [1.82, 2.24) is 5.32 Å². The van der Waals surface area contributed by atoms with E-state index in [9.17, 15) is 0 Å². The van der Waals surface area contributed by atoms with Crippen LogP contribution >= 0.6 is 22.9 Å². The van der Waals surface area contributed by atoms with Gasteiger partial charge in [-0.15, -0.1) is 11.3 Å².